The monoisotopic (exact) mass is 820 g/mol. The van der Waals surface area contributed by atoms with Crippen molar-refractivity contribution in [2.75, 3.05) is 20.3 Å². The zero-order valence-corrected chi connectivity index (χ0v) is 33.7. The lowest BCUT2D eigenvalue weighted by Gasteiger charge is -2.64. The molecule has 7 fully saturated rings. The predicted molar refractivity (Wildman–Crippen MR) is 196 cm³/mol. The van der Waals surface area contributed by atoms with E-state index in [2.05, 4.69) is 13.8 Å². The van der Waals surface area contributed by atoms with E-state index in [0.717, 1.165) is 51.4 Å². The van der Waals surface area contributed by atoms with Crippen LogP contribution in [0.1, 0.15) is 85.5 Å². The topological polar surface area (TPSA) is 267 Å². The molecule has 3 saturated heterocycles. The van der Waals surface area contributed by atoms with E-state index in [9.17, 15) is 51.1 Å². The Morgan fingerprint density at radius 3 is 1.89 bits per heavy atom. The minimum Gasteiger partial charge on any atom is -0.394 e. The van der Waals surface area contributed by atoms with Gasteiger partial charge < -0.3 is 84.2 Å². The van der Waals surface area contributed by atoms with E-state index in [1.807, 2.05) is 6.92 Å². The predicted octanol–water partition coefficient (Wildman–Crippen LogP) is -1.34. The van der Waals surface area contributed by atoms with Crippen LogP contribution in [0, 0.1) is 34.5 Å². The summed E-state index contributed by atoms with van der Waals surface area (Å²) in [5, 5.41) is 106. The Balaban J connectivity index is 0.969. The second kappa shape index (κ2) is 16.9. The maximum Gasteiger partial charge on any atom is 0.187 e. The smallest absolute Gasteiger partial charge is 0.187 e. The van der Waals surface area contributed by atoms with Crippen molar-refractivity contribution in [3.63, 3.8) is 0 Å². The molecule has 0 bridgehead atoms. The molecule has 4 saturated carbocycles. The van der Waals surface area contributed by atoms with Crippen molar-refractivity contribution >= 4 is 0 Å². The molecule has 3 aliphatic heterocycles. The van der Waals surface area contributed by atoms with E-state index in [0.29, 0.717) is 18.3 Å². The van der Waals surface area contributed by atoms with Crippen LogP contribution in [-0.4, -0.2) is 181 Å². The number of hydrogen-bond donors (Lipinski definition) is 10. The highest BCUT2D eigenvalue weighted by atomic mass is 16.7. The van der Waals surface area contributed by atoms with Crippen LogP contribution in [0.2, 0.25) is 0 Å². The molecular weight excluding hydrogens is 752 g/mol. The van der Waals surface area contributed by atoms with Gasteiger partial charge in [0.15, 0.2) is 18.9 Å². The van der Waals surface area contributed by atoms with Gasteiger partial charge in [0.05, 0.1) is 37.1 Å². The zero-order chi connectivity index (χ0) is 41.4. The molecule has 3 heterocycles. The molecule has 7 rings (SSSR count). The first-order valence-electron chi connectivity index (χ1n) is 21.1. The average molecular weight is 821 g/mol. The second-order valence-corrected chi connectivity index (χ2v) is 18.8. The third-order valence-corrected chi connectivity index (χ3v) is 16.1. The Bertz CT molecular complexity index is 1360. The fraction of sp³-hybridized carbons (Fsp3) is 1.00. The van der Waals surface area contributed by atoms with Crippen LogP contribution in [0.15, 0.2) is 0 Å². The van der Waals surface area contributed by atoms with Gasteiger partial charge >= 0.3 is 0 Å². The van der Waals surface area contributed by atoms with Crippen molar-refractivity contribution in [2.24, 2.45) is 34.5 Å². The maximum atomic E-state index is 12.8. The summed E-state index contributed by atoms with van der Waals surface area (Å²) in [5.41, 5.74) is -1.41. The summed E-state index contributed by atoms with van der Waals surface area (Å²) in [4.78, 5) is 0. The molecule has 330 valence electrons. The van der Waals surface area contributed by atoms with Crippen molar-refractivity contribution in [1.82, 2.24) is 0 Å². The number of aliphatic hydroxyl groups excluding tert-OH is 9. The van der Waals surface area contributed by atoms with Gasteiger partial charge in [-0.1, -0.05) is 13.8 Å². The highest BCUT2D eigenvalue weighted by Crippen LogP contribution is 2.69. The van der Waals surface area contributed by atoms with E-state index < -0.39 is 122 Å². The number of aliphatic hydroxyl groups is 10. The first kappa shape index (κ1) is 44.4. The molecule has 0 unspecified atom stereocenters. The molecule has 0 aromatic carbocycles. The fourth-order valence-corrected chi connectivity index (χ4v) is 12.7. The lowest BCUT2D eigenvalue weighted by Crippen LogP contribution is -2.64. The van der Waals surface area contributed by atoms with E-state index in [1.54, 1.807) is 6.92 Å². The highest BCUT2D eigenvalue weighted by molar-refractivity contribution is 5.17. The molecular formula is C40H68O17. The van der Waals surface area contributed by atoms with Crippen LogP contribution < -0.4 is 0 Å². The molecule has 0 amide bonds. The van der Waals surface area contributed by atoms with Gasteiger partial charge in [-0.25, -0.2) is 0 Å². The Morgan fingerprint density at radius 1 is 0.649 bits per heavy atom. The minimum absolute atomic E-state index is 0.0326. The molecule has 0 aromatic heterocycles. The summed E-state index contributed by atoms with van der Waals surface area (Å²) >= 11 is 0. The largest absolute Gasteiger partial charge is 0.394 e. The van der Waals surface area contributed by atoms with Crippen molar-refractivity contribution < 1.29 is 84.2 Å². The van der Waals surface area contributed by atoms with Crippen LogP contribution in [0.5, 0.6) is 0 Å². The highest BCUT2D eigenvalue weighted by Gasteiger charge is 2.68. The van der Waals surface area contributed by atoms with Gasteiger partial charge in [0.2, 0.25) is 0 Å². The van der Waals surface area contributed by atoms with Gasteiger partial charge in [0.25, 0.3) is 0 Å². The third-order valence-electron chi connectivity index (χ3n) is 16.1. The Morgan fingerprint density at radius 2 is 1.26 bits per heavy atom. The number of hydrogen-bond acceptors (Lipinski definition) is 17. The molecule has 0 radical (unpaired) electrons. The van der Waals surface area contributed by atoms with E-state index >= 15 is 0 Å². The molecule has 0 aromatic rings. The van der Waals surface area contributed by atoms with Crippen molar-refractivity contribution in [3.05, 3.63) is 0 Å². The first-order valence-corrected chi connectivity index (χ1v) is 21.1. The summed E-state index contributed by atoms with van der Waals surface area (Å²) in [5.74, 6) is 0.667. The zero-order valence-electron chi connectivity index (χ0n) is 33.7. The summed E-state index contributed by atoms with van der Waals surface area (Å²) in [6.45, 7) is 7.01. The molecule has 17 nitrogen and oxygen atoms in total. The second-order valence-electron chi connectivity index (χ2n) is 18.8. The molecule has 0 spiro atoms. The summed E-state index contributed by atoms with van der Waals surface area (Å²) < 4.78 is 41.8. The normalized spacial score (nSPS) is 56.1. The van der Waals surface area contributed by atoms with Gasteiger partial charge in [-0.05, 0) is 101 Å². The van der Waals surface area contributed by atoms with Gasteiger partial charge in [0.1, 0.15) is 67.1 Å². The number of rotatable bonds is 10. The van der Waals surface area contributed by atoms with Gasteiger partial charge in [-0.2, -0.15) is 0 Å². The molecule has 57 heavy (non-hydrogen) atoms. The van der Waals surface area contributed by atoms with Crippen molar-refractivity contribution in [2.45, 2.75) is 195 Å². The fourth-order valence-electron chi connectivity index (χ4n) is 12.7. The molecule has 17 heteroatoms. The average Bonchev–Trinajstić information content (AvgIpc) is 3.47. The SMILES string of the molecule is CO[C@@H]1[C@@H](O)[C@H](O[C@H]2CC[C@@]3(C)[C@@H](CC[C@@H]4[C@@H]3CC[C@]3(C)[C@@H]([C@H](C)O[C@H]5O[C@@H](CO)[C@H](O)[C@@H](O)[C@@H]5O)CC[C@]43O)C2)O[C@H](C)[C@@H]1O[C@@H]1O[C@H](CO)[C@@H](O)[C@H](O)[C@H]1O. The molecule has 7 aliphatic rings. The number of methoxy groups -OCH3 is 1. The third kappa shape index (κ3) is 7.45. The molecule has 24 atom stereocenters. The molecule has 10 N–H and O–H groups in total. The standard InChI is InChI=1S/C40H68O17/c1-17(52-35-30(47)28(45)26(43)24(15-41)55-35)21-10-13-40(50)23-7-6-19-14-20(8-11-38(19,3)22(23)9-12-39(21,40)4)54-37-32(49)34(51-5)33(18(2)53-37)57-36-31(48)29(46)27(44)25(16-42)56-36/h17-37,41-50H,6-16H2,1-5H3/t17-,18+,19-,20-,21+,22-,23+,24-,25+,26-,27+,28+,29-,30-,31+,32+,33-,34+,35-,36-,37-,38-,39+,40-/m0/s1. The maximum absolute atomic E-state index is 12.8. The van der Waals surface area contributed by atoms with Gasteiger partial charge in [-0.15, -0.1) is 0 Å². The Kier molecular flexibility index (Phi) is 13.1. The van der Waals surface area contributed by atoms with Gasteiger partial charge in [0, 0.05) is 12.5 Å². The van der Waals surface area contributed by atoms with Crippen LogP contribution in [0.4, 0.5) is 0 Å². The van der Waals surface area contributed by atoms with Gasteiger partial charge in [-0.3, -0.25) is 0 Å². The first-order chi connectivity index (χ1) is 26.9. The van der Waals surface area contributed by atoms with E-state index in [4.69, 9.17) is 33.2 Å². The summed E-state index contributed by atoms with van der Waals surface area (Å²) in [6.07, 6.45) is -12.4. The minimum atomic E-state index is -1.62. The van der Waals surface area contributed by atoms with Crippen LogP contribution >= 0.6 is 0 Å². The number of fused-ring (bicyclic) bond motifs is 5. The van der Waals surface area contributed by atoms with Crippen LogP contribution in [-0.2, 0) is 33.2 Å². The molecule has 4 aliphatic carbocycles. The number of ether oxygens (including phenoxy) is 7. The van der Waals surface area contributed by atoms with E-state index in [-0.39, 0.29) is 23.4 Å². The Hall–Kier alpha value is -0.680. The summed E-state index contributed by atoms with van der Waals surface area (Å²) in [7, 11) is 1.42. The van der Waals surface area contributed by atoms with Crippen LogP contribution in [0.3, 0.4) is 0 Å². The Labute approximate surface area is 334 Å². The van der Waals surface area contributed by atoms with E-state index in [1.165, 1.54) is 7.11 Å². The lowest BCUT2D eigenvalue weighted by atomic mass is 9.43. The van der Waals surface area contributed by atoms with Crippen molar-refractivity contribution in [3.8, 4) is 0 Å². The lowest BCUT2D eigenvalue weighted by molar-refractivity contribution is -0.362. The van der Waals surface area contributed by atoms with Crippen LogP contribution in [0.25, 0.3) is 0 Å². The summed E-state index contributed by atoms with van der Waals surface area (Å²) in [6, 6.07) is 0. The quantitative estimate of drug-likeness (QED) is 0.114. The van der Waals surface area contributed by atoms with Crippen molar-refractivity contribution in [1.29, 1.82) is 0 Å².